The Kier molecular flexibility index (Phi) is 18.1. The average Bonchev–Trinajstić information content (AvgIpc) is 3.08. The Morgan fingerprint density at radius 1 is 0.558 bits per heavy atom. The summed E-state index contributed by atoms with van der Waals surface area (Å²) in [6.07, 6.45) is 14.0. The molecule has 0 heteroatoms. The average molecular weight is 569 g/mol. The topological polar surface area (TPSA) is 0 Å². The lowest BCUT2D eigenvalue weighted by Gasteiger charge is -2.11. The first-order chi connectivity index (χ1) is 21.1. The van der Waals surface area contributed by atoms with E-state index in [0.29, 0.717) is 0 Å². The second kappa shape index (κ2) is 21.3. The third-order valence-electron chi connectivity index (χ3n) is 6.56. The summed E-state index contributed by atoms with van der Waals surface area (Å²) in [5.41, 5.74) is 12.5. The van der Waals surface area contributed by atoms with Gasteiger partial charge in [0.05, 0.1) is 0 Å². The van der Waals surface area contributed by atoms with Crippen LogP contribution in [0.15, 0.2) is 147 Å². The fraction of sp³-hybridized carbons (Fsp3) is 0.209. The van der Waals surface area contributed by atoms with Crippen LogP contribution in [0.1, 0.15) is 70.7 Å². The molecule has 0 radical (unpaired) electrons. The fourth-order valence-corrected chi connectivity index (χ4v) is 4.69. The highest BCUT2D eigenvalue weighted by Crippen LogP contribution is 2.30. The van der Waals surface area contributed by atoms with Crippen molar-refractivity contribution in [2.24, 2.45) is 0 Å². The first-order valence-corrected chi connectivity index (χ1v) is 15.6. The lowest BCUT2D eigenvalue weighted by atomic mass is 9.94. The highest BCUT2D eigenvalue weighted by molar-refractivity contribution is 5.80. The lowest BCUT2D eigenvalue weighted by Crippen LogP contribution is -1.89. The predicted octanol–water partition coefficient (Wildman–Crippen LogP) is 13.4. The van der Waals surface area contributed by atoms with Crippen molar-refractivity contribution < 1.29 is 0 Å². The van der Waals surface area contributed by atoms with E-state index in [9.17, 15) is 0 Å². The van der Waals surface area contributed by atoms with E-state index in [1.165, 1.54) is 55.7 Å². The van der Waals surface area contributed by atoms with E-state index in [1.54, 1.807) is 0 Å². The number of aryl methyl sites for hydroxylation is 1. The molecule has 0 bridgehead atoms. The number of hydrogen-bond acceptors (Lipinski definition) is 0. The van der Waals surface area contributed by atoms with Crippen LogP contribution in [0.2, 0.25) is 0 Å². The zero-order valence-corrected chi connectivity index (χ0v) is 27.8. The minimum absolute atomic E-state index is 0.890. The van der Waals surface area contributed by atoms with Crippen molar-refractivity contribution in [2.45, 2.75) is 61.8 Å². The summed E-state index contributed by atoms with van der Waals surface area (Å²) < 4.78 is 0. The molecule has 4 aromatic rings. The monoisotopic (exact) mass is 568 g/mol. The summed E-state index contributed by atoms with van der Waals surface area (Å²) in [6, 6.07) is 35.3. The van der Waals surface area contributed by atoms with E-state index in [1.807, 2.05) is 27.7 Å². The number of benzene rings is 4. The molecule has 0 unspecified atom stereocenters. The van der Waals surface area contributed by atoms with Crippen molar-refractivity contribution in [1.29, 1.82) is 0 Å². The molecule has 0 nitrogen and oxygen atoms in total. The van der Waals surface area contributed by atoms with Gasteiger partial charge >= 0.3 is 0 Å². The maximum absolute atomic E-state index is 3.00. The van der Waals surface area contributed by atoms with Crippen LogP contribution in [-0.2, 0) is 6.42 Å². The number of rotatable bonds is 8. The molecule has 0 fully saturated rings. The second-order valence-electron chi connectivity index (χ2n) is 9.34. The zero-order chi connectivity index (χ0) is 32.0. The minimum atomic E-state index is 0.890. The third-order valence-corrected chi connectivity index (χ3v) is 6.56. The molecule has 43 heavy (non-hydrogen) atoms. The van der Waals surface area contributed by atoms with Gasteiger partial charge in [-0.2, -0.15) is 0 Å². The summed E-state index contributed by atoms with van der Waals surface area (Å²) >= 11 is 0. The molecule has 4 rings (SSSR count). The van der Waals surface area contributed by atoms with Crippen molar-refractivity contribution in [3.05, 3.63) is 169 Å². The summed E-state index contributed by atoms with van der Waals surface area (Å²) in [7, 11) is 0. The van der Waals surface area contributed by atoms with Crippen molar-refractivity contribution >= 4 is 11.1 Å². The highest BCUT2D eigenvalue weighted by Gasteiger charge is 2.06. The normalized spacial score (nSPS) is 11.2. The van der Waals surface area contributed by atoms with Crippen molar-refractivity contribution in [3.8, 4) is 22.3 Å². The summed E-state index contributed by atoms with van der Waals surface area (Å²) in [6.45, 7) is 22.4. The number of hydrogen-bond donors (Lipinski definition) is 0. The fourth-order valence-electron chi connectivity index (χ4n) is 4.69. The Balaban J connectivity index is 0.00000145. The Morgan fingerprint density at radius 2 is 1.12 bits per heavy atom. The maximum atomic E-state index is 3.00. The standard InChI is InChI=1S/C37H36.2C2H6.C2H4/c1-5-12-30(7-3)33-22-19-29(20-23-33)18-21-31(13-6-2)34-16-11-17-35(26-34)37-25-28(4)24-36(27-37)32-14-9-8-10-15-32;3*1-2/h5-17,19-27H,18H2,1-4H3;2*1-2H3;1-2H2/b12-5-,13-6-,30-7+,31-21+;;;. The minimum Gasteiger partial charge on any atom is -0.106 e. The first-order valence-electron chi connectivity index (χ1n) is 15.6. The maximum Gasteiger partial charge on any atom is -0.00882 e. The molecule has 0 heterocycles. The van der Waals surface area contributed by atoms with Crippen molar-refractivity contribution in [2.75, 3.05) is 0 Å². The molecule has 0 amide bonds. The molecule has 0 saturated heterocycles. The van der Waals surface area contributed by atoms with Gasteiger partial charge in [0.15, 0.2) is 0 Å². The van der Waals surface area contributed by atoms with E-state index in [2.05, 4.69) is 174 Å². The molecule has 0 aliphatic rings. The quantitative estimate of drug-likeness (QED) is 0.146. The molecule has 0 aliphatic carbocycles. The molecule has 0 atom stereocenters. The molecule has 0 aromatic heterocycles. The summed E-state index contributed by atoms with van der Waals surface area (Å²) in [5.74, 6) is 0. The Hall–Kier alpha value is -4.42. The van der Waals surface area contributed by atoms with Crippen LogP contribution < -0.4 is 0 Å². The van der Waals surface area contributed by atoms with Crippen LogP contribution in [0, 0.1) is 6.92 Å². The molecule has 0 aliphatic heterocycles. The second-order valence-corrected chi connectivity index (χ2v) is 9.34. The SMILES string of the molecule is C/C=C\C(=C/C)c1ccc(C/C=C(\C=C/C)c2cccc(-c3cc(C)cc(-c4ccccc4)c3)c2)cc1.C=C.CC.CC. The number of allylic oxidation sites excluding steroid dienone is 8. The van der Waals surface area contributed by atoms with Gasteiger partial charge < -0.3 is 0 Å². The van der Waals surface area contributed by atoms with Gasteiger partial charge in [-0.25, -0.2) is 0 Å². The van der Waals surface area contributed by atoms with Crippen molar-refractivity contribution in [3.63, 3.8) is 0 Å². The van der Waals surface area contributed by atoms with E-state index in [-0.39, 0.29) is 0 Å². The van der Waals surface area contributed by atoms with Gasteiger partial charge in [-0.3, -0.25) is 0 Å². The van der Waals surface area contributed by atoms with Crippen LogP contribution in [0.4, 0.5) is 0 Å². The molecule has 224 valence electrons. The molecule has 0 N–H and O–H groups in total. The van der Waals surface area contributed by atoms with E-state index < -0.39 is 0 Å². The summed E-state index contributed by atoms with van der Waals surface area (Å²) in [5, 5.41) is 0. The van der Waals surface area contributed by atoms with Gasteiger partial charge in [0, 0.05) is 0 Å². The molecular formula is C43H52. The molecule has 0 saturated carbocycles. The van der Waals surface area contributed by atoms with Crippen LogP contribution in [0.25, 0.3) is 33.4 Å². The van der Waals surface area contributed by atoms with Gasteiger partial charge in [0.1, 0.15) is 0 Å². The largest absolute Gasteiger partial charge is 0.106 e. The van der Waals surface area contributed by atoms with Gasteiger partial charge in [0.2, 0.25) is 0 Å². The third kappa shape index (κ3) is 11.4. The van der Waals surface area contributed by atoms with E-state index in [4.69, 9.17) is 0 Å². The Morgan fingerprint density at radius 3 is 1.70 bits per heavy atom. The molecular weight excluding hydrogens is 516 g/mol. The smallest absolute Gasteiger partial charge is 0.00882 e. The van der Waals surface area contributed by atoms with Crippen LogP contribution >= 0.6 is 0 Å². The Labute approximate surface area is 263 Å². The van der Waals surface area contributed by atoms with Crippen LogP contribution in [-0.4, -0.2) is 0 Å². The van der Waals surface area contributed by atoms with Crippen molar-refractivity contribution in [1.82, 2.24) is 0 Å². The van der Waals surface area contributed by atoms with Crippen LogP contribution in [0.3, 0.4) is 0 Å². The first kappa shape index (κ1) is 36.6. The summed E-state index contributed by atoms with van der Waals surface area (Å²) in [4.78, 5) is 0. The zero-order valence-electron chi connectivity index (χ0n) is 27.8. The van der Waals surface area contributed by atoms with Gasteiger partial charge in [0.25, 0.3) is 0 Å². The Bertz CT molecular complexity index is 1460. The van der Waals surface area contributed by atoms with E-state index in [0.717, 1.165) is 6.42 Å². The van der Waals surface area contributed by atoms with Gasteiger partial charge in [-0.1, -0.05) is 149 Å². The van der Waals surface area contributed by atoms with Gasteiger partial charge in [-0.15, -0.1) is 13.2 Å². The van der Waals surface area contributed by atoms with Crippen LogP contribution in [0.5, 0.6) is 0 Å². The van der Waals surface area contributed by atoms with E-state index >= 15 is 0 Å². The predicted molar refractivity (Wildman–Crippen MR) is 197 cm³/mol. The molecule has 0 spiro atoms. The lowest BCUT2D eigenvalue weighted by molar-refractivity contribution is 1.27. The molecule has 4 aromatic carbocycles. The van der Waals surface area contributed by atoms with Gasteiger partial charge in [-0.05, 0) is 102 Å². The highest BCUT2D eigenvalue weighted by atomic mass is 14.1.